The molecule has 4 heterocycles. The number of aliphatic hydroxyl groups is 1. The lowest BCUT2D eigenvalue weighted by molar-refractivity contribution is 0.0686. The molecular formula is C28H27N9O7S. The number of para-hydroxylation sites is 2. The van der Waals surface area contributed by atoms with Crippen LogP contribution < -0.4 is 23.8 Å². The lowest BCUT2D eigenvalue weighted by Gasteiger charge is -2.18. The second-order valence-electron chi connectivity index (χ2n) is 9.74. The molecule has 0 aliphatic heterocycles. The third-order valence-corrected chi connectivity index (χ3v) is 7.55. The molecule has 1 fully saturated rings. The van der Waals surface area contributed by atoms with Gasteiger partial charge in [0.15, 0.2) is 28.2 Å². The van der Waals surface area contributed by atoms with Gasteiger partial charge in [0.05, 0.1) is 13.7 Å². The summed E-state index contributed by atoms with van der Waals surface area (Å²) in [5.41, 5.74) is 1.53. The summed E-state index contributed by atoms with van der Waals surface area (Å²) in [6.45, 7) is 1.25. The van der Waals surface area contributed by atoms with Crippen LogP contribution in [0.1, 0.15) is 18.4 Å². The number of rotatable bonds is 13. The molecule has 0 atom stereocenters. The molecule has 0 spiro atoms. The first-order valence-electron chi connectivity index (χ1n) is 13.7. The molecule has 232 valence electrons. The quantitative estimate of drug-likeness (QED) is 0.192. The van der Waals surface area contributed by atoms with Crippen LogP contribution >= 0.6 is 0 Å². The van der Waals surface area contributed by atoms with E-state index >= 15 is 0 Å². The summed E-state index contributed by atoms with van der Waals surface area (Å²) < 4.78 is 46.8. The number of hydrogen-bond acceptors (Lipinski definition) is 14. The molecule has 1 aromatic carbocycles. The molecule has 16 nitrogen and oxygen atoms in total. The van der Waals surface area contributed by atoms with E-state index in [9.17, 15) is 13.5 Å². The van der Waals surface area contributed by atoms with Gasteiger partial charge in [-0.1, -0.05) is 23.0 Å². The Balaban J connectivity index is 1.47. The molecule has 4 aromatic heterocycles. The number of pyridine rings is 2. The number of hydrogen-bond donors (Lipinski definition) is 2. The lowest BCUT2D eigenvalue weighted by Crippen LogP contribution is -2.17. The van der Waals surface area contributed by atoms with Crippen LogP contribution in [0.15, 0.2) is 66.0 Å². The summed E-state index contributed by atoms with van der Waals surface area (Å²) in [5, 5.41) is 20.9. The first kappa shape index (κ1) is 29.6. The van der Waals surface area contributed by atoms with Gasteiger partial charge in [-0.05, 0) is 66.1 Å². The molecular weight excluding hydrogens is 606 g/mol. The molecule has 0 saturated heterocycles. The second-order valence-corrected chi connectivity index (χ2v) is 11.4. The topological polar surface area (TPSA) is 198 Å². The molecule has 0 bridgehead atoms. The Morgan fingerprint density at radius 3 is 2.62 bits per heavy atom. The second kappa shape index (κ2) is 12.7. The average molecular weight is 634 g/mol. The van der Waals surface area contributed by atoms with E-state index in [1.165, 1.54) is 30.4 Å². The number of aliphatic hydroxyl groups excluding tert-OH is 1. The minimum absolute atomic E-state index is 0.0272. The number of aromatic nitrogens is 8. The van der Waals surface area contributed by atoms with E-state index in [2.05, 4.69) is 40.2 Å². The van der Waals surface area contributed by atoms with Crippen LogP contribution in [0.2, 0.25) is 0 Å². The van der Waals surface area contributed by atoms with Gasteiger partial charge in [-0.3, -0.25) is 9.71 Å². The van der Waals surface area contributed by atoms with E-state index in [4.69, 9.17) is 19.0 Å². The Hall–Kier alpha value is -5.42. The van der Waals surface area contributed by atoms with Gasteiger partial charge < -0.3 is 24.2 Å². The maximum atomic E-state index is 13.5. The van der Waals surface area contributed by atoms with Gasteiger partial charge in [0, 0.05) is 18.0 Å². The van der Waals surface area contributed by atoms with Crippen molar-refractivity contribution in [2.45, 2.75) is 30.9 Å². The molecule has 17 heteroatoms. The van der Waals surface area contributed by atoms with Gasteiger partial charge in [0.1, 0.15) is 18.4 Å². The highest BCUT2D eigenvalue weighted by molar-refractivity contribution is 7.92. The van der Waals surface area contributed by atoms with Gasteiger partial charge in [0.25, 0.3) is 15.9 Å². The van der Waals surface area contributed by atoms with Crippen LogP contribution in [0, 0.1) is 6.92 Å². The van der Waals surface area contributed by atoms with E-state index < -0.39 is 10.0 Å². The minimum atomic E-state index is -4.28. The van der Waals surface area contributed by atoms with Crippen LogP contribution in [0.25, 0.3) is 22.9 Å². The highest BCUT2D eigenvalue weighted by Crippen LogP contribution is 2.41. The van der Waals surface area contributed by atoms with Crippen molar-refractivity contribution in [2.24, 2.45) is 0 Å². The molecule has 5 aromatic rings. The van der Waals surface area contributed by atoms with E-state index in [-0.39, 0.29) is 59.2 Å². The van der Waals surface area contributed by atoms with Crippen molar-refractivity contribution in [1.82, 2.24) is 40.3 Å². The van der Waals surface area contributed by atoms with Crippen molar-refractivity contribution < 1.29 is 32.6 Å². The van der Waals surface area contributed by atoms with Crippen LogP contribution in [-0.2, 0) is 10.0 Å². The molecule has 1 aliphatic rings. The van der Waals surface area contributed by atoms with Crippen molar-refractivity contribution in [3.8, 4) is 46.0 Å². The Morgan fingerprint density at radius 2 is 1.89 bits per heavy atom. The first-order valence-corrected chi connectivity index (χ1v) is 15.2. The zero-order valence-corrected chi connectivity index (χ0v) is 24.9. The number of tetrazole rings is 1. The largest absolute Gasteiger partial charge is 0.493 e. The minimum Gasteiger partial charge on any atom is -0.493 e. The number of ether oxygens (including phenoxy) is 3. The fraction of sp³-hybridized carbons (Fsp3) is 0.250. The molecule has 1 saturated carbocycles. The monoisotopic (exact) mass is 633 g/mol. The van der Waals surface area contributed by atoms with E-state index in [1.807, 2.05) is 0 Å². The van der Waals surface area contributed by atoms with Crippen LogP contribution in [-0.4, -0.2) is 80.3 Å². The molecule has 0 unspecified atom stereocenters. The number of sulfonamides is 1. The third kappa shape index (κ3) is 6.73. The fourth-order valence-electron chi connectivity index (χ4n) is 3.97. The van der Waals surface area contributed by atoms with Crippen molar-refractivity contribution in [3.05, 3.63) is 66.5 Å². The zero-order valence-electron chi connectivity index (χ0n) is 24.1. The zero-order chi connectivity index (χ0) is 31.4. The normalized spacial score (nSPS) is 12.9. The van der Waals surface area contributed by atoms with Gasteiger partial charge in [-0.25, -0.2) is 9.97 Å². The van der Waals surface area contributed by atoms with Crippen LogP contribution in [0.4, 0.5) is 5.82 Å². The summed E-state index contributed by atoms with van der Waals surface area (Å²) in [7, 11) is -2.82. The standard InChI is InChI=1S/C28H27N9O7S/c1-17-7-10-23(30-16-17)45(39,40)34-26-24(43-22-6-4-3-5-21(22)41-2)28(42-14-13-38)32-25(31-26)18-11-12-29-20(15-18)27-33-35-36-37(27)44-19-8-9-19/h3-7,10-12,15-16,19,38H,8-9,13-14H2,1-2H3,(H,31,32,34). The fourth-order valence-corrected chi connectivity index (χ4v) is 4.91. The number of nitrogens with one attached hydrogen (secondary N) is 1. The first-order chi connectivity index (χ1) is 21.8. The third-order valence-electron chi connectivity index (χ3n) is 6.30. The Kier molecular flexibility index (Phi) is 8.35. The number of anilines is 1. The predicted octanol–water partition coefficient (Wildman–Crippen LogP) is 2.46. The number of nitrogens with zero attached hydrogens (tertiary/aromatic N) is 8. The van der Waals surface area contributed by atoms with Gasteiger partial charge in [-0.15, -0.1) is 5.10 Å². The number of benzene rings is 1. The predicted molar refractivity (Wildman–Crippen MR) is 157 cm³/mol. The van der Waals surface area contributed by atoms with Gasteiger partial charge >= 0.3 is 0 Å². The smallest absolute Gasteiger partial charge is 0.280 e. The molecule has 1 aliphatic carbocycles. The van der Waals surface area contributed by atoms with Gasteiger partial charge in [0.2, 0.25) is 11.6 Å². The van der Waals surface area contributed by atoms with Crippen molar-refractivity contribution in [2.75, 3.05) is 25.0 Å². The highest BCUT2D eigenvalue weighted by Gasteiger charge is 2.28. The van der Waals surface area contributed by atoms with Crippen LogP contribution in [0.5, 0.6) is 23.1 Å². The molecule has 0 radical (unpaired) electrons. The molecule has 45 heavy (non-hydrogen) atoms. The molecule has 2 N–H and O–H groups in total. The Labute approximate surface area is 257 Å². The lowest BCUT2D eigenvalue weighted by atomic mass is 10.2. The Bertz CT molecular complexity index is 1920. The van der Waals surface area contributed by atoms with E-state index in [1.54, 1.807) is 49.4 Å². The SMILES string of the molecule is COc1ccccc1Oc1c(NS(=O)(=O)c2ccc(C)cn2)nc(-c2ccnc(-c3nnnn3OC3CC3)c2)nc1OCCO. The van der Waals surface area contributed by atoms with Crippen molar-refractivity contribution in [3.63, 3.8) is 0 Å². The van der Waals surface area contributed by atoms with Gasteiger partial charge in [-0.2, -0.15) is 13.4 Å². The number of aryl methyl sites for hydroxylation is 1. The van der Waals surface area contributed by atoms with Crippen LogP contribution in [0.3, 0.4) is 0 Å². The van der Waals surface area contributed by atoms with E-state index in [0.717, 1.165) is 18.4 Å². The highest BCUT2D eigenvalue weighted by atomic mass is 32.2. The number of methoxy groups -OCH3 is 1. The maximum absolute atomic E-state index is 13.5. The van der Waals surface area contributed by atoms with Crippen molar-refractivity contribution >= 4 is 15.8 Å². The summed E-state index contributed by atoms with van der Waals surface area (Å²) >= 11 is 0. The summed E-state index contributed by atoms with van der Waals surface area (Å²) in [6, 6.07) is 13.0. The van der Waals surface area contributed by atoms with E-state index in [0.29, 0.717) is 17.0 Å². The summed E-state index contributed by atoms with van der Waals surface area (Å²) in [6.07, 6.45) is 4.76. The summed E-state index contributed by atoms with van der Waals surface area (Å²) in [4.78, 5) is 24.4. The maximum Gasteiger partial charge on any atom is 0.280 e. The molecule has 0 amide bonds. The summed E-state index contributed by atoms with van der Waals surface area (Å²) in [5.74, 6) is 0.278. The van der Waals surface area contributed by atoms with Crippen molar-refractivity contribution in [1.29, 1.82) is 0 Å². The molecule has 6 rings (SSSR count). The Morgan fingerprint density at radius 1 is 1.07 bits per heavy atom. The average Bonchev–Trinajstić information content (AvgIpc) is 3.75.